The second-order valence-corrected chi connectivity index (χ2v) is 12.9. The van der Waals surface area contributed by atoms with Crippen molar-refractivity contribution < 1.29 is 15.4 Å². The maximum Gasteiger partial charge on any atom is 0.143 e. The molecule has 0 aliphatic carbocycles. The van der Waals surface area contributed by atoms with E-state index in [9.17, 15) is 8.22 Å². The first kappa shape index (κ1) is 20.9. The number of fused-ring (bicyclic) bond motifs is 8. The Kier molecular flexibility index (Phi) is 4.80. The predicted octanol–water partition coefficient (Wildman–Crippen LogP) is 13.9. The summed E-state index contributed by atoms with van der Waals surface area (Å²) < 4.78 is 84.0. The highest BCUT2D eigenvalue weighted by atomic mass is 32.1. The minimum atomic E-state index is -0.462. The molecule has 0 fully saturated rings. The molecule has 0 unspecified atom stereocenters. The van der Waals surface area contributed by atoms with Gasteiger partial charge in [-0.3, -0.25) is 0 Å². The van der Waals surface area contributed by atoms with E-state index in [1.54, 1.807) is 42.5 Å². The Hall–Kier alpha value is -6.16. The van der Waals surface area contributed by atoms with Gasteiger partial charge in [-0.25, -0.2) is 0 Å². The lowest BCUT2D eigenvalue weighted by Crippen LogP contribution is -2.10. The van der Waals surface area contributed by atoms with Crippen LogP contribution in [0.15, 0.2) is 180 Å². The monoisotopic (exact) mass is 651 g/mol. The Bertz CT molecular complexity index is 3270. The van der Waals surface area contributed by atoms with Crippen LogP contribution in [0.5, 0.6) is 0 Å². The van der Waals surface area contributed by atoms with Crippen molar-refractivity contribution in [3.8, 4) is 22.3 Å². The van der Waals surface area contributed by atoms with Crippen molar-refractivity contribution in [2.24, 2.45) is 0 Å². The van der Waals surface area contributed by atoms with E-state index < -0.39 is 12.1 Å². The van der Waals surface area contributed by atoms with Crippen molar-refractivity contribution in [3.05, 3.63) is 176 Å². The number of anilines is 3. The van der Waals surface area contributed by atoms with Gasteiger partial charge in [0, 0.05) is 42.3 Å². The number of thiophene rings is 1. The molecule has 3 heteroatoms. The maximum atomic E-state index is 9.71. The average Bonchev–Trinajstić information content (AvgIpc) is 3.82. The molecule has 0 N–H and O–H groups in total. The molecule has 0 saturated heterocycles. The van der Waals surface area contributed by atoms with Crippen molar-refractivity contribution in [1.29, 1.82) is 0 Å². The highest BCUT2D eigenvalue weighted by Crippen LogP contribution is 2.46. The zero-order valence-electron chi connectivity index (χ0n) is 33.9. The van der Waals surface area contributed by atoms with Crippen molar-refractivity contribution in [1.82, 2.24) is 0 Å². The first-order valence-corrected chi connectivity index (χ1v) is 16.8. The number of hydrogen-bond donors (Lipinski definition) is 0. The fourth-order valence-corrected chi connectivity index (χ4v) is 7.99. The van der Waals surface area contributed by atoms with Crippen molar-refractivity contribution in [2.45, 2.75) is 0 Å². The molecule has 0 amide bonds. The molecule has 10 rings (SSSR count). The van der Waals surface area contributed by atoms with Gasteiger partial charge in [0.15, 0.2) is 0 Å². The van der Waals surface area contributed by atoms with E-state index in [2.05, 4.69) is 0 Å². The summed E-state index contributed by atoms with van der Waals surface area (Å²) >= 11 is 1.53. The first-order valence-electron chi connectivity index (χ1n) is 20.0. The van der Waals surface area contributed by atoms with Crippen LogP contribution < -0.4 is 4.90 Å². The summed E-state index contributed by atoms with van der Waals surface area (Å²) in [4.78, 5) is 1.41. The normalized spacial score (nSPS) is 14.0. The average molecular weight is 652 g/mol. The van der Waals surface area contributed by atoms with Crippen LogP contribution in [0.1, 0.15) is 11.0 Å². The van der Waals surface area contributed by atoms with Gasteiger partial charge >= 0.3 is 0 Å². The molecule has 0 atom stereocenters. The number of furan rings is 1. The van der Waals surface area contributed by atoms with Crippen molar-refractivity contribution in [2.75, 3.05) is 4.90 Å². The zero-order chi connectivity index (χ0) is 39.3. The summed E-state index contributed by atoms with van der Waals surface area (Å²) in [7, 11) is 0. The summed E-state index contributed by atoms with van der Waals surface area (Å²) in [5.41, 5.74) is 2.36. The van der Waals surface area contributed by atoms with Gasteiger partial charge in [-0.15, -0.1) is 11.3 Å². The summed E-state index contributed by atoms with van der Waals surface area (Å²) in [6.07, 6.45) is 0. The quantitative estimate of drug-likeness (QED) is 0.184. The molecule has 2 heterocycles. The summed E-state index contributed by atoms with van der Waals surface area (Å²) in [5.74, 6) is 0. The second kappa shape index (κ2) is 11.2. The summed E-state index contributed by atoms with van der Waals surface area (Å²) in [5, 5.41) is 5.09. The molecule has 49 heavy (non-hydrogen) atoms. The van der Waals surface area contributed by atoms with Crippen molar-refractivity contribution >= 4 is 81.3 Å². The largest absolute Gasteiger partial charge is 0.455 e. The number of nitrogens with zero attached hydrogens (tertiary/aromatic N) is 1. The third-order valence-electron chi connectivity index (χ3n) is 9.01. The lowest BCUT2D eigenvalue weighted by molar-refractivity contribution is 0.672. The fraction of sp³-hybridized carbons (Fsp3) is 0. The van der Waals surface area contributed by atoms with Crippen LogP contribution >= 0.6 is 11.3 Å². The number of hydrogen-bond acceptors (Lipinski definition) is 3. The van der Waals surface area contributed by atoms with E-state index in [4.69, 9.17) is 7.16 Å². The van der Waals surface area contributed by atoms with Crippen LogP contribution in [0.3, 0.4) is 0 Å². The Morgan fingerprint density at radius 3 is 2.20 bits per heavy atom. The second-order valence-electron chi connectivity index (χ2n) is 11.8. The van der Waals surface area contributed by atoms with Gasteiger partial charge in [-0.2, -0.15) is 0 Å². The van der Waals surface area contributed by atoms with Crippen LogP contribution in [0, 0.1) is 0 Å². The van der Waals surface area contributed by atoms with Crippen LogP contribution in [0.25, 0.3) is 75.1 Å². The molecule has 0 saturated carbocycles. The molecule has 2 nitrogen and oxygen atoms in total. The zero-order valence-corrected chi connectivity index (χ0v) is 26.7. The van der Waals surface area contributed by atoms with Crippen LogP contribution in [0.2, 0.25) is 0 Å². The third-order valence-corrected chi connectivity index (χ3v) is 10.2. The van der Waals surface area contributed by atoms with Crippen LogP contribution in [0.4, 0.5) is 17.1 Å². The topological polar surface area (TPSA) is 16.4 Å². The van der Waals surface area contributed by atoms with Crippen molar-refractivity contribution in [3.63, 3.8) is 0 Å². The SMILES string of the molecule is [2H]c1c([2H])c(-c2ccccc2)c([2H])c(N(c2c([2H])c([2H])c(-c3cccc4c3sc3ccccc34)c([2H])c2[2H])c2cccc3oc4c5ccccc5ccc4c23)c1[2H]. The van der Waals surface area contributed by atoms with Gasteiger partial charge in [0.05, 0.1) is 22.0 Å². The molecule has 0 aliphatic heterocycles. The molecular formula is C46H29NOS. The van der Waals surface area contributed by atoms with Gasteiger partial charge in [0.2, 0.25) is 0 Å². The van der Waals surface area contributed by atoms with E-state index in [0.29, 0.717) is 38.8 Å². The minimum Gasteiger partial charge on any atom is -0.455 e. The maximum absolute atomic E-state index is 9.71. The highest BCUT2D eigenvalue weighted by molar-refractivity contribution is 7.26. The van der Waals surface area contributed by atoms with E-state index in [-0.39, 0.29) is 58.8 Å². The molecule has 0 bridgehead atoms. The van der Waals surface area contributed by atoms with Crippen LogP contribution in [-0.2, 0) is 0 Å². The number of benzene rings is 8. The first-order chi connectivity index (χ1) is 27.7. The summed E-state index contributed by atoms with van der Waals surface area (Å²) in [6, 6.07) is 36.6. The van der Waals surface area contributed by atoms with Gasteiger partial charge in [-0.1, -0.05) is 127 Å². The highest BCUT2D eigenvalue weighted by Gasteiger charge is 2.21. The molecule has 8 aromatic carbocycles. The smallest absolute Gasteiger partial charge is 0.143 e. The Labute approximate surface area is 299 Å². The fourth-order valence-electron chi connectivity index (χ4n) is 6.77. The lowest BCUT2D eigenvalue weighted by atomic mass is 10.0. The van der Waals surface area contributed by atoms with E-state index >= 15 is 0 Å². The Morgan fingerprint density at radius 1 is 0.531 bits per heavy atom. The molecule has 0 radical (unpaired) electrons. The van der Waals surface area contributed by atoms with E-state index in [1.807, 2.05) is 84.9 Å². The van der Waals surface area contributed by atoms with Crippen LogP contribution in [-0.4, -0.2) is 0 Å². The van der Waals surface area contributed by atoms with E-state index in [1.165, 1.54) is 16.2 Å². The predicted molar refractivity (Wildman–Crippen MR) is 210 cm³/mol. The molecule has 10 aromatic rings. The molecule has 0 spiro atoms. The van der Waals surface area contributed by atoms with Gasteiger partial charge in [0.25, 0.3) is 0 Å². The Balaban J connectivity index is 1.33. The molecule has 0 aliphatic rings. The number of rotatable bonds is 5. The van der Waals surface area contributed by atoms with Gasteiger partial charge in [0.1, 0.15) is 11.2 Å². The lowest BCUT2D eigenvalue weighted by Gasteiger charge is -2.27. The standard InChI is InChI=1S/C46H29NOS/c1-2-11-30(12-3-1)33-14-8-15-35(29-33)47(41-20-10-21-42-44(41)40-28-25-31-13-4-5-16-36(31)45(40)48-42)34-26-23-32(24-27-34)37-18-9-19-39-38-17-6-7-22-43(38)49-46(37)39/h1-29H/i8D,14D,15D,23D,24D,26D,27D,29D. The summed E-state index contributed by atoms with van der Waals surface area (Å²) in [6.45, 7) is 0. The van der Waals surface area contributed by atoms with Gasteiger partial charge < -0.3 is 9.32 Å². The van der Waals surface area contributed by atoms with E-state index in [0.717, 1.165) is 30.9 Å². The molecule has 2 aromatic heterocycles. The minimum absolute atomic E-state index is 0.107. The third kappa shape index (κ3) is 4.55. The molecular weight excluding hydrogens is 615 g/mol. The Morgan fingerprint density at radius 2 is 1.31 bits per heavy atom. The van der Waals surface area contributed by atoms with Gasteiger partial charge in [-0.05, 0) is 76.1 Å². The molecule has 230 valence electrons.